The molecule has 4 nitrogen and oxygen atoms in total. The zero-order chi connectivity index (χ0) is 12.8. The van der Waals surface area contributed by atoms with Gasteiger partial charge in [-0.1, -0.05) is 0 Å². The molecule has 1 fully saturated rings. The largest absolute Gasteiger partial charge is 0.324 e. The highest BCUT2D eigenvalue weighted by Gasteiger charge is 2.28. The first kappa shape index (κ1) is 11.7. The Bertz CT molecular complexity index is 561. The van der Waals surface area contributed by atoms with E-state index in [2.05, 4.69) is 41.7 Å². The second-order valence-corrected chi connectivity index (χ2v) is 6.10. The van der Waals surface area contributed by atoms with Gasteiger partial charge in [0.25, 0.3) is 0 Å². The molecule has 0 aliphatic heterocycles. The van der Waals surface area contributed by atoms with E-state index in [9.17, 15) is 0 Å². The molecular weight excluding hydrogens is 224 g/mol. The molecule has 96 valence electrons. The summed E-state index contributed by atoms with van der Waals surface area (Å²) in [6.07, 6.45) is 6.26. The molecule has 2 heterocycles. The predicted octanol–water partition coefficient (Wildman–Crippen LogP) is 2.65. The van der Waals surface area contributed by atoms with Crippen molar-refractivity contribution in [1.82, 2.24) is 19.9 Å². The Balaban J connectivity index is 1.97. The lowest BCUT2D eigenvalue weighted by molar-refractivity contribution is 0.412. The van der Waals surface area contributed by atoms with E-state index in [-0.39, 0.29) is 5.54 Å². The lowest BCUT2D eigenvalue weighted by Gasteiger charge is -2.20. The number of imidazole rings is 1. The van der Waals surface area contributed by atoms with E-state index in [1.165, 1.54) is 18.4 Å². The highest BCUT2D eigenvalue weighted by molar-refractivity contribution is 5.75. The number of nitrogens with zero attached hydrogens (tertiary/aromatic N) is 3. The quantitative estimate of drug-likeness (QED) is 0.902. The second kappa shape index (κ2) is 4.05. The van der Waals surface area contributed by atoms with Gasteiger partial charge in [0.05, 0.1) is 18.3 Å². The van der Waals surface area contributed by atoms with Crippen LogP contribution in [0.2, 0.25) is 0 Å². The van der Waals surface area contributed by atoms with Crippen molar-refractivity contribution in [3.63, 3.8) is 0 Å². The molecule has 0 radical (unpaired) electrons. The zero-order valence-electron chi connectivity index (χ0n) is 11.3. The maximum absolute atomic E-state index is 4.71. The number of hydrogen-bond acceptors (Lipinski definition) is 3. The maximum Gasteiger partial charge on any atom is 0.124 e. The highest BCUT2D eigenvalue weighted by Crippen LogP contribution is 2.38. The summed E-state index contributed by atoms with van der Waals surface area (Å²) in [6.45, 7) is 7.35. The van der Waals surface area contributed by atoms with Gasteiger partial charge in [-0.2, -0.15) is 0 Å². The van der Waals surface area contributed by atoms with E-state index >= 15 is 0 Å². The van der Waals surface area contributed by atoms with Crippen LogP contribution in [0.1, 0.15) is 45.5 Å². The van der Waals surface area contributed by atoms with Crippen LogP contribution in [0.25, 0.3) is 11.0 Å². The topological polar surface area (TPSA) is 42.7 Å². The van der Waals surface area contributed by atoms with E-state index < -0.39 is 0 Å². The van der Waals surface area contributed by atoms with Crippen LogP contribution in [0.5, 0.6) is 0 Å². The number of hydrogen-bond donors (Lipinski definition) is 1. The Labute approximate surface area is 107 Å². The summed E-state index contributed by atoms with van der Waals surface area (Å²) < 4.78 is 2.38. The molecule has 0 saturated heterocycles. The van der Waals surface area contributed by atoms with Crippen molar-refractivity contribution in [2.75, 3.05) is 0 Å². The van der Waals surface area contributed by atoms with Gasteiger partial charge >= 0.3 is 0 Å². The first-order valence-corrected chi connectivity index (χ1v) is 6.60. The molecule has 1 N–H and O–H groups in total. The van der Waals surface area contributed by atoms with Gasteiger partial charge in [-0.25, -0.2) is 4.98 Å². The molecule has 2 aromatic rings. The van der Waals surface area contributed by atoms with Crippen LogP contribution in [-0.2, 0) is 6.54 Å². The first-order valence-electron chi connectivity index (χ1n) is 6.60. The van der Waals surface area contributed by atoms with E-state index in [0.717, 1.165) is 17.9 Å². The van der Waals surface area contributed by atoms with Crippen molar-refractivity contribution in [3.8, 4) is 0 Å². The predicted molar refractivity (Wildman–Crippen MR) is 72.4 cm³/mol. The van der Waals surface area contributed by atoms with Crippen molar-refractivity contribution in [2.45, 2.75) is 51.7 Å². The Morgan fingerprint density at radius 3 is 2.83 bits per heavy atom. The number of nitrogens with one attached hydrogen (secondary N) is 1. The average Bonchev–Trinajstić information content (AvgIpc) is 3.06. The van der Waals surface area contributed by atoms with Gasteiger partial charge in [-0.15, -0.1) is 0 Å². The third kappa shape index (κ3) is 2.25. The Hall–Kier alpha value is -1.42. The van der Waals surface area contributed by atoms with Crippen LogP contribution in [0, 0.1) is 0 Å². The highest BCUT2D eigenvalue weighted by atomic mass is 15.2. The van der Waals surface area contributed by atoms with Gasteiger partial charge in [0.15, 0.2) is 0 Å². The summed E-state index contributed by atoms with van der Waals surface area (Å²) in [5, 5.41) is 3.52. The lowest BCUT2D eigenvalue weighted by Crippen LogP contribution is -2.35. The van der Waals surface area contributed by atoms with Crippen LogP contribution in [0.4, 0.5) is 0 Å². The van der Waals surface area contributed by atoms with Gasteiger partial charge in [-0.3, -0.25) is 4.98 Å². The molecule has 2 aromatic heterocycles. The fourth-order valence-electron chi connectivity index (χ4n) is 2.21. The average molecular weight is 244 g/mol. The van der Waals surface area contributed by atoms with Crippen molar-refractivity contribution < 1.29 is 0 Å². The van der Waals surface area contributed by atoms with Gasteiger partial charge in [0, 0.05) is 17.8 Å². The summed E-state index contributed by atoms with van der Waals surface area (Å²) in [5.74, 6) is 1.13. The van der Waals surface area contributed by atoms with Crippen molar-refractivity contribution in [3.05, 3.63) is 24.3 Å². The zero-order valence-corrected chi connectivity index (χ0v) is 11.3. The Morgan fingerprint density at radius 2 is 2.17 bits per heavy atom. The van der Waals surface area contributed by atoms with Gasteiger partial charge < -0.3 is 9.88 Å². The second-order valence-electron chi connectivity index (χ2n) is 6.10. The molecule has 0 spiro atoms. The molecule has 1 aliphatic rings. The summed E-state index contributed by atoms with van der Waals surface area (Å²) >= 11 is 0. The fourth-order valence-corrected chi connectivity index (χ4v) is 2.21. The minimum absolute atomic E-state index is 0.116. The van der Waals surface area contributed by atoms with Crippen LogP contribution >= 0.6 is 0 Å². The Morgan fingerprint density at radius 1 is 1.39 bits per heavy atom. The molecule has 0 atom stereocenters. The fraction of sp³-hybridized carbons (Fsp3) is 0.571. The van der Waals surface area contributed by atoms with Crippen molar-refractivity contribution in [1.29, 1.82) is 0 Å². The smallest absolute Gasteiger partial charge is 0.124 e. The van der Waals surface area contributed by atoms with E-state index in [1.54, 1.807) is 0 Å². The Kier molecular flexibility index (Phi) is 2.63. The van der Waals surface area contributed by atoms with Gasteiger partial charge in [-0.05, 0) is 39.7 Å². The molecule has 0 amide bonds. The minimum Gasteiger partial charge on any atom is -0.324 e. The first-order chi connectivity index (χ1) is 8.54. The number of fused-ring (bicyclic) bond motifs is 1. The van der Waals surface area contributed by atoms with Gasteiger partial charge in [0.2, 0.25) is 0 Å². The lowest BCUT2D eigenvalue weighted by atomic mass is 10.1. The SMILES string of the molecule is CC(C)(C)NCc1nc2cnccc2n1C1CC1. The van der Waals surface area contributed by atoms with E-state index in [4.69, 9.17) is 4.98 Å². The molecule has 0 aromatic carbocycles. The molecule has 1 saturated carbocycles. The molecule has 1 aliphatic carbocycles. The summed E-state index contributed by atoms with van der Waals surface area (Å²) in [5.41, 5.74) is 2.35. The summed E-state index contributed by atoms with van der Waals surface area (Å²) in [4.78, 5) is 8.87. The maximum atomic E-state index is 4.71. The van der Waals surface area contributed by atoms with Crippen molar-refractivity contribution >= 4 is 11.0 Å². The summed E-state index contributed by atoms with van der Waals surface area (Å²) in [7, 11) is 0. The monoisotopic (exact) mass is 244 g/mol. The molecule has 0 bridgehead atoms. The minimum atomic E-state index is 0.116. The standard InChI is InChI=1S/C14H20N4/c1-14(2,3)16-9-13-17-11-8-15-7-6-12(11)18(13)10-4-5-10/h6-8,10,16H,4-5,9H2,1-3H3. The third-order valence-corrected chi connectivity index (χ3v) is 3.25. The third-order valence-electron chi connectivity index (χ3n) is 3.25. The van der Waals surface area contributed by atoms with Crippen LogP contribution in [-0.4, -0.2) is 20.1 Å². The van der Waals surface area contributed by atoms with Crippen molar-refractivity contribution in [2.24, 2.45) is 0 Å². The normalized spacial score (nSPS) is 16.4. The molecule has 18 heavy (non-hydrogen) atoms. The van der Waals surface area contributed by atoms with Crippen LogP contribution in [0.15, 0.2) is 18.5 Å². The summed E-state index contributed by atoms with van der Waals surface area (Å²) in [6, 6.07) is 2.72. The molecule has 3 rings (SSSR count). The molecule has 0 unspecified atom stereocenters. The number of pyridine rings is 1. The number of aromatic nitrogens is 3. The van der Waals surface area contributed by atoms with Gasteiger partial charge in [0.1, 0.15) is 11.3 Å². The molecular formula is C14H20N4. The van der Waals surface area contributed by atoms with E-state index in [1.807, 2.05) is 12.4 Å². The molecule has 4 heteroatoms. The van der Waals surface area contributed by atoms with Crippen LogP contribution in [0.3, 0.4) is 0 Å². The van der Waals surface area contributed by atoms with E-state index in [0.29, 0.717) is 6.04 Å². The van der Waals surface area contributed by atoms with Crippen LogP contribution < -0.4 is 5.32 Å². The number of rotatable bonds is 3.